The van der Waals surface area contributed by atoms with Crippen LogP contribution in [-0.2, 0) is 4.74 Å². The fourth-order valence-electron chi connectivity index (χ4n) is 3.97. The van der Waals surface area contributed by atoms with Gasteiger partial charge in [-0.1, -0.05) is 23.4 Å². The summed E-state index contributed by atoms with van der Waals surface area (Å²) in [7, 11) is 2.11. The van der Waals surface area contributed by atoms with Crippen LogP contribution in [0.1, 0.15) is 19.5 Å². The highest BCUT2D eigenvalue weighted by Gasteiger charge is 2.51. The first-order valence-electron chi connectivity index (χ1n) is 7.89. The molecule has 2 saturated heterocycles. The number of rotatable bonds is 1. The second kappa shape index (κ2) is 4.49. The Kier molecular flexibility index (Phi) is 2.78. The Morgan fingerprint density at radius 2 is 2.09 bits per heavy atom. The Hall–Kier alpha value is -1.11. The van der Waals surface area contributed by atoms with Gasteiger partial charge in [0.2, 0.25) is 0 Å². The zero-order valence-electron chi connectivity index (χ0n) is 13.4. The zero-order chi connectivity index (χ0) is 15.9. The van der Waals surface area contributed by atoms with Crippen molar-refractivity contribution in [1.29, 1.82) is 0 Å². The van der Waals surface area contributed by atoms with Gasteiger partial charge in [-0.2, -0.15) is 5.10 Å². The number of likely N-dealkylation sites (N-methyl/N-ethyl adjacent to an activating group) is 1. The average molecular weight is 351 g/mol. The second-order valence-corrected chi connectivity index (χ2v) is 8.59. The smallest absolute Gasteiger partial charge is 0.138 e. The van der Waals surface area contributed by atoms with Crippen molar-refractivity contribution in [1.82, 2.24) is 15.1 Å². The van der Waals surface area contributed by atoms with E-state index in [1.54, 1.807) is 0 Å². The minimum atomic E-state index is 0.283. The quantitative estimate of drug-likeness (QED) is 0.843. The molecule has 4 aliphatic rings. The average Bonchev–Trinajstić information content (AvgIpc) is 2.99. The Labute approximate surface area is 144 Å². The fourth-order valence-corrected chi connectivity index (χ4v) is 5.70. The minimum absolute atomic E-state index is 0.283. The zero-order valence-corrected chi connectivity index (χ0v) is 15.0. The summed E-state index contributed by atoms with van der Waals surface area (Å²) in [4.78, 5) is 5.93. The third-order valence-electron chi connectivity index (χ3n) is 5.55. The van der Waals surface area contributed by atoms with Crippen LogP contribution in [0.2, 0.25) is 0 Å². The summed E-state index contributed by atoms with van der Waals surface area (Å²) in [5.41, 5.74) is 5.03. The van der Waals surface area contributed by atoms with Crippen LogP contribution in [0.5, 0.6) is 0 Å². The lowest BCUT2D eigenvalue weighted by molar-refractivity contribution is -0.127. The molecule has 1 N–H and O–H groups in total. The van der Waals surface area contributed by atoms with Gasteiger partial charge in [-0.05, 0) is 19.4 Å². The van der Waals surface area contributed by atoms with Gasteiger partial charge in [0.15, 0.2) is 0 Å². The Balaban J connectivity index is 1.52. The number of hydrogen-bond acceptors (Lipinski definition) is 5. The third-order valence-corrected chi connectivity index (χ3v) is 7.51. The topological polar surface area (TPSA) is 44.4 Å². The highest BCUT2D eigenvalue weighted by Crippen LogP contribution is 2.55. The largest absolute Gasteiger partial charge is 0.380 e. The van der Waals surface area contributed by atoms with E-state index in [1.807, 2.05) is 11.8 Å². The first kappa shape index (κ1) is 14.3. The number of nitrogens with one attached hydrogen (secondary N) is 1. The molecule has 0 aliphatic carbocycles. The molecule has 5 rings (SSSR count). The Bertz CT molecular complexity index is 771. The molecule has 4 aliphatic heterocycles. The lowest BCUT2D eigenvalue weighted by atomic mass is 9.78. The third kappa shape index (κ3) is 1.72. The summed E-state index contributed by atoms with van der Waals surface area (Å²) in [5.74, 6) is 1.17. The number of nitrogens with zero attached hydrogens (tertiary/aromatic N) is 3. The molecule has 1 unspecified atom stereocenters. The number of fused-ring (bicyclic) bond motifs is 3. The molecule has 0 radical (unpaired) electrons. The molecule has 7 heteroatoms. The summed E-state index contributed by atoms with van der Waals surface area (Å²) >= 11 is 8.41. The molecule has 1 atom stereocenters. The van der Waals surface area contributed by atoms with Crippen LogP contribution < -0.4 is 4.90 Å². The van der Waals surface area contributed by atoms with Gasteiger partial charge in [0.1, 0.15) is 16.9 Å². The SMILES string of the molecule is CC1=C2c3n[nH]c(N4CC5(COC5)C4)c3SC2N(C)C(C)=C1Cl. The van der Waals surface area contributed by atoms with E-state index in [4.69, 9.17) is 16.3 Å². The van der Waals surface area contributed by atoms with Crippen LogP contribution in [0.25, 0.3) is 5.57 Å². The van der Waals surface area contributed by atoms with E-state index >= 15 is 0 Å². The highest BCUT2D eigenvalue weighted by atomic mass is 35.5. The molecule has 5 nitrogen and oxygen atoms in total. The van der Waals surface area contributed by atoms with Crippen molar-refractivity contribution < 1.29 is 4.74 Å². The number of H-pyrrole nitrogens is 1. The van der Waals surface area contributed by atoms with Crippen molar-refractivity contribution in [2.75, 3.05) is 38.3 Å². The van der Waals surface area contributed by atoms with Crippen LogP contribution in [0.4, 0.5) is 5.82 Å². The molecule has 2 fully saturated rings. The highest BCUT2D eigenvalue weighted by molar-refractivity contribution is 8.01. The Morgan fingerprint density at radius 3 is 2.74 bits per heavy atom. The molecule has 122 valence electrons. The number of hydrogen-bond donors (Lipinski definition) is 1. The second-order valence-electron chi connectivity index (χ2n) is 7.12. The molecular formula is C16H19ClN4OS. The maximum absolute atomic E-state index is 6.53. The molecule has 0 amide bonds. The van der Waals surface area contributed by atoms with E-state index in [0.29, 0.717) is 5.41 Å². The number of anilines is 1. The first-order valence-corrected chi connectivity index (χ1v) is 9.15. The predicted molar refractivity (Wildman–Crippen MR) is 92.6 cm³/mol. The summed E-state index contributed by atoms with van der Waals surface area (Å²) in [6.45, 7) is 8.14. The predicted octanol–water partition coefficient (Wildman–Crippen LogP) is 2.87. The molecule has 5 heterocycles. The standard InChI is InChI=1S/C16H19ClN4OS/c1-8-10-12-13(23-15(10)20(3)9(2)11(8)17)14(19-18-12)21-4-16(5-21)6-22-7-16/h15H,4-7H2,1-3H3,(H,18,19). The van der Waals surface area contributed by atoms with Crippen molar-refractivity contribution in [3.63, 3.8) is 0 Å². The van der Waals surface area contributed by atoms with E-state index in [1.165, 1.54) is 16.3 Å². The lowest BCUT2D eigenvalue weighted by Crippen LogP contribution is -2.66. The molecule has 1 spiro atoms. The first-order chi connectivity index (χ1) is 11.0. The molecular weight excluding hydrogens is 332 g/mol. The van der Waals surface area contributed by atoms with E-state index in [2.05, 4.69) is 40.9 Å². The van der Waals surface area contributed by atoms with E-state index in [0.717, 1.165) is 48.3 Å². The summed E-state index contributed by atoms with van der Waals surface area (Å²) < 4.78 is 5.38. The molecule has 23 heavy (non-hydrogen) atoms. The molecule has 0 bridgehead atoms. The monoisotopic (exact) mass is 350 g/mol. The molecule has 1 aromatic heterocycles. The Morgan fingerprint density at radius 1 is 1.35 bits per heavy atom. The van der Waals surface area contributed by atoms with Crippen molar-refractivity contribution in [2.45, 2.75) is 24.1 Å². The minimum Gasteiger partial charge on any atom is -0.380 e. The number of aromatic amines is 1. The van der Waals surface area contributed by atoms with Gasteiger partial charge in [-0.3, -0.25) is 5.10 Å². The van der Waals surface area contributed by atoms with Crippen LogP contribution in [0, 0.1) is 5.41 Å². The molecule has 0 aromatic carbocycles. The van der Waals surface area contributed by atoms with Crippen molar-refractivity contribution in [3.05, 3.63) is 22.0 Å². The lowest BCUT2D eigenvalue weighted by Gasteiger charge is -2.55. The van der Waals surface area contributed by atoms with Crippen LogP contribution in [-0.4, -0.2) is 53.8 Å². The number of aromatic nitrogens is 2. The van der Waals surface area contributed by atoms with E-state index < -0.39 is 0 Å². The summed E-state index contributed by atoms with van der Waals surface area (Å²) in [6, 6.07) is 0. The number of thioether (sulfide) groups is 1. The normalized spacial score (nSPS) is 28.1. The molecule has 0 saturated carbocycles. The maximum Gasteiger partial charge on any atom is 0.138 e. The van der Waals surface area contributed by atoms with E-state index in [-0.39, 0.29) is 5.37 Å². The van der Waals surface area contributed by atoms with Crippen molar-refractivity contribution in [2.24, 2.45) is 5.41 Å². The summed E-state index contributed by atoms with van der Waals surface area (Å²) in [5, 5.41) is 9.03. The van der Waals surface area contributed by atoms with Gasteiger partial charge in [-0.25, -0.2) is 0 Å². The van der Waals surface area contributed by atoms with Gasteiger partial charge in [-0.15, -0.1) is 0 Å². The molecule has 1 aromatic rings. The van der Waals surface area contributed by atoms with Gasteiger partial charge < -0.3 is 14.5 Å². The van der Waals surface area contributed by atoms with Crippen LogP contribution in [0.15, 0.2) is 21.2 Å². The van der Waals surface area contributed by atoms with Gasteiger partial charge in [0, 0.05) is 31.4 Å². The number of halogens is 1. The van der Waals surface area contributed by atoms with Crippen LogP contribution in [0.3, 0.4) is 0 Å². The van der Waals surface area contributed by atoms with E-state index in [9.17, 15) is 0 Å². The fraction of sp³-hybridized carbons (Fsp3) is 0.562. The van der Waals surface area contributed by atoms with Gasteiger partial charge >= 0.3 is 0 Å². The van der Waals surface area contributed by atoms with Crippen molar-refractivity contribution in [3.8, 4) is 0 Å². The maximum atomic E-state index is 6.53. The van der Waals surface area contributed by atoms with Crippen LogP contribution >= 0.6 is 23.4 Å². The number of allylic oxidation sites excluding steroid dienone is 3. The van der Waals surface area contributed by atoms with Gasteiger partial charge in [0.05, 0.1) is 28.6 Å². The number of ether oxygens (including phenoxy) is 1. The van der Waals surface area contributed by atoms with Crippen molar-refractivity contribution >= 4 is 34.8 Å². The van der Waals surface area contributed by atoms with Gasteiger partial charge in [0.25, 0.3) is 0 Å². The summed E-state index contributed by atoms with van der Waals surface area (Å²) in [6.07, 6.45) is 0.